The SMILES string of the molecule is COCc1ccc(Br)c(F)c1C(C)=O. The minimum atomic E-state index is -0.521. The lowest BCUT2D eigenvalue weighted by Gasteiger charge is -2.08. The van der Waals surface area contributed by atoms with E-state index < -0.39 is 5.82 Å². The molecule has 0 aliphatic heterocycles. The van der Waals surface area contributed by atoms with E-state index >= 15 is 0 Å². The van der Waals surface area contributed by atoms with Crippen LogP contribution >= 0.6 is 15.9 Å². The summed E-state index contributed by atoms with van der Waals surface area (Å²) in [5.41, 5.74) is 0.668. The average Bonchev–Trinajstić information content (AvgIpc) is 2.11. The van der Waals surface area contributed by atoms with Gasteiger partial charge in [-0.2, -0.15) is 0 Å². The van der Waals surface area contributed by atoms with Crippen molar-refractivity contribution >= 4 is 21.7 Å². The van der Waals surface area contributed by atoms with Crippen molar-refractivity contribution < 1.29 is 13.9 Å². The van der Waals surface area contributed by atoms with Gasteiger partial charge in [-0.3, -0.25) is 4.79 Å². The van der Waals surface area contributed by atoms with Gasteiger partial charge in [0.05, 0.1) is 16.6 Å². The van der Waals surface area contributed by atoms with Crippen molar-refractivity contribution in [2.24, 2.45) is 0 Å². The van der Waals surface area contributed by atoms with Crippen molar-refractivity contribution in [3.8, 4) is 0 Å². The molecular formula is C10H10BrFO2. The number of ketones is 1. The van der Waals surface area contributed by atoms with Crippen LogP contribution in [0.5, 0.6) is 0 Å². The lowest BCUT2D eigenvalue weighted by atomic mass is 10.0. The van der Waals surface area contributed by atoms with E-state index in [2.05, 4.69) is 15.9 Å². The molecule has 0 aromatic heterocycles. The fraction of sp³-hybridized carbons (Fsp3) is 0.300. The maximum Gasteiger partial charge on any atom is 0.163 e. The number of methoxy groups -OCH3 is 1. The van der Waals surface area contributed by atoms with Crippen molar-refractivity contribution in [2.45, 2.75) is 13.5 Å². The van der Waals surface area contributed by atoms with Crippen LogP contribution in [0.2, 0.25) is 0 Å². The molecule has 2 nitrogen and oxygen atoms in total. The smallest absolute Gasteiger partial charge is 0.163 e. The Hall–Kier alpha value is -0.740. The van der Waals surface area contributed by atoms with Crippen molar-refractivity contribution in [1.82, 2.24) is 0 Å². The highest BCUT2D eigenvalue weighted by molar-refractivity contribution is 9.10. The first kappa shape index (κ1) is 11.3. The second-order valence-corrected chi connectivity index (χ2v) is 3.74. The third-order valence-electron chi connectivity index (χ3n) is 1.83. The zero-order valence-corrected chi connectivity index (χ0v) is 9.52. The van der Waals surface area contributed by atoms with Crippen LogP contribution in [0.4, 0.5) is 4.39 Å². The highest BCUT2D eigenvalue weighted by Gasteiger charge is 2.15. The molecule has 0 fully saturated rings. The Morgan fingerprint density at radius 2 is 2.21 bits per heavy atom. The Labute approximate surface area is 90.2 Å². The summed E-state index contributed by atoms with van der Waals surface area (Å²) in [4.78, 5) is 11.2. The molecule has 0 heterocycles. The number of benzene rings is 1. The van der Waals surface area contributed by atoms with Crippen LogP contribution in [0, 0.1) is 5.82 Å². The van der Waals surface area contributed by atoms with Crippen LogP contribution in [0.3, 0.4) is 0 Å². The quantitative estimate of drug-likeness (QED) is 0.782. The topological polar surface area (TPSA) is 26.3 Å². The number of halogens is 2. The van der Waals surface area contributed by atoms with Gasteiger partial charge < -0.3 is 4.74 Å². The van der Waals surface area contributed by atoms with Gasteiger partial charge in [0.15, 0.2) is 5.78 Å². The Kier molecular flexibility index (Phi) is 3.77. The van der Waals surface area contributed by atoms with E-state index in [1.54, 1.807) is 12.1 Å². The number of hydrogen-bond donors (Lipinski definition) is 0. The largest absolute Gasteiger partial charge is 0.380 e. The summed E-state index contributed by atoms with van der Waals surface area (Å²) in [7, 11) is 1.50. The molecule has 0 N–H and O–H groups in total. The molecule has 0 aliphatic carbocycles. The molecule has 0 saturated heterocycles. The molecule has 0 saturated carbocycles. The van der Waals surface area contributed by atoms with Gasteiger partial charge >= 0.3 is 0 Å². The van der Waals surface area contributed by atoms with Crippen LogP contribution in [0.25, 0.3) is 0 Å². The van der Waals surface area contributed by atoms with E-state index in [0.717, 1.165) is 0 Å². The summed E-state index contributed by atoms with van der Waals surface area (Å²) in [6.45, 7) is 1.57. The maximum atomic E-state index is 13.5. The third kappa shape index (κ3) is 2.19. The first-order chi connectivity index (χ1) is 6.57. The summed E-state index contributed by atoms with van der Waals surface area (Å²) >= 11 is 3.03. The number of ether oxygens (including phenoxy) is 1. The van der Waals surface area contributed by atoms with E-state index in [-0.39, 0.29) is 18.0 Å². The normalized spacial score (nSPS) is 10.3. The minimum absolute atomic E-state index is 0.0984. The monoisotopic (exact) mass is 260 g/mol. The standard InChI is InChI=1S/C10H10BrFO2/c1-6(13)9-7(5-14-2)3-4-8(11)10(9)12/h3-4H,5H2,1-2H3. The summed E-state index contributed by atoms with van der Waals surface area (Å²) in [6.07, 6.45) is 0. The molecule has 1 rings (SSSR count). The van der Waals surface area contributed by atoms with Crippen molar-refractivity contribution in [2.75, 3.05) is 7.11 Å². The number of carbonyl (C=O) groups excluding carboxylic acids is 1. The van der Waals surface area contributed by atoms with Gasteiger partial charge in [-0.1, -0.05) is 6.07 Å². The van der Waals surface area contributed by atoms with Crippen molar-refractivity contribution in [3.63, 3.8) is 0 Å². The van der Waals surface area contributed by atoms with E-state index in [9.17, 15) is 9.18 Å². The first-order valence-electron chi connectivity index (χ1n) is 4.04. The second kappa shape index (κ2) is 4.66. The molecule has 0 bridgehead atoms. The Balaban J connectivity index is 3.30. The zero-order chi connectivity index (χ0) is 10.7. The van der Waals surface area contributed by atoms with Gasteiger partial charge in [0.1, 0.15) is 5.82 Å². The molecule has 1 aromatic carbocycles. The fourth-order valence-electron chi connectivity index (χ4n) is 1.25. The predicted molar refractivity (Wildman–Crippen MR) is 54.8 cm³/mol. The molecular weight excluding hydrogens is 251 g/mol. The van der Waals surface area contributed by atoms with Crippen LogP contribution in [-0.2, 0) is 11.3 Å². The number of carbonyl (C=O) groups is 1. The predicted octanol–water partition coefficient (Wildman–Crippen LogP) is 2.94. The van der Waals surface area contributed by atoms with Gasteiger partial charge in [0, 0.05) is 7.11 Å². The molecule has 0 radical (unpaired) electrons. The molecule has 1 aromatic rings. The zero-order valence-electron chi connectivity index (χ0n) is 7.93. The highest BCUT2D eigenvalue weighted by Crippen LogP contribution is 2.23. The van der Waals surface area contributed by atoms with Gasteiger partial charge in [0.2, 0.25) is 0 Å². The number of rotatable bonds is 3. The molecule has 0 atom stereocenters. The Bertz CT molecular complexity index is 363. The number of Topliss-reactive ketones (excluding diaryl/α,β-unsaturated/α-hetero) is 1. The van der Waals surface area contributed by atoms with E-state index in [1.807, 2.05) is 0 Å². The lowest BCUT2D eigenvalue weighted by Crippen LogP contribution is -2.05. The Morgan fingerprint density at radius 3 is 2.71 bits per heavy atom. The van der Waals surface area contributed by atoms with Crippen LogP contribution in [0.1, 0.15) is 22.8 Å². The molecule has 14 heavy (non-hydrogen) atoms. The molecule has 0 aliphatic rings. The van der Waals surface area contributed by atoms with Crippen LogP contribution < -0.4 is 0 Å². The molecule has 0 amide bonds. The fourth-order valence-corrected chi connectivity index (χ4v) is 1.58. The van der Waals surface area contributed by atoms with E-state index in [1.165, 1.54) is 14.0 Å². The summed E-state index contributed by atoms with van der Waals surface area (Å²) < 4.78 is 18.7. The highest BCUT2D eigenvalue weighted by atomic mass is 79.9. The molecule has 4 heteroatoms. The van der Waals surface area contributed by atoms with Gasteiger partial charge in [-0.25, -0.2) is 4.39 Å². The van der Waals surface area contributed by atoms with Crippen molar-refractivity contribution in [3.05, 3.63) is 33.5 Å². The van der Waals surface area contributed by atoms with Crippen molar-refractivity contribution in [1.29, 1.82) is 0 Å². The summed E-state index contributed by atoms with van der Waals surface area (Å²) in [5.74, 6) is -0.817. The second-order valence-electron chi connectivity index (χ2n) is 2.88. The average molecular weight is 261 g/mol. The Morgan fingerprint density at radius 1 is 1.57 bits per heavy atom. The molecule has 0 unspecified atom stereocenters. The maximum absolute atomic E-state index is 13.5. The van der Waals surface area contributed by atoms with Crippen LogP contribution in [0.15, 0.2) is 16.6 Å². The van der Waals surface area contributed by atoms with E-state index in [0.29, 0.717) is 10.0 Å². The van der Waals surface area contributed by atoms with Gasteiger partial charge in [0.25, 0.3) is 0 Å². The van der Waals surface area contributed by atoms with Gasteiger partial charge in [-0.15, -0.1) is 0 Å². The van der Waals surface area contributed by atoms with Crippen LogP contribution in [-0.4, -0.2) is 12.9 Å². The first-order valence-corrected chi connectivity index (χ1v) is 4.84. The number of hydrogen-bond acceptors (Lipinski definition) is 2. The minimum Gasteiger partial charge on any atom is -0.380 e. The third-order valence-corrected chi connectivity index (χ3v) is 2.45. The molecule has 0 spiro atoms. The lowest BCUT2D eigenvalue weighted by molar-refractivity contribution is 0.100. The summed E-state index contributed by atoms with van der Waals surface area (Å²) in [5, 5.41) is 0. The van der Waals surface area contributed by atoms with E-state index in [4.69, 9.17) is 4.74 Å². The van der Waals surface area contributed by atoms with Gasteiger partial charge in [-0.05, 0) is 34.5 Å². The molecule has 76 valence electrons. The summed E-state index contributed by atoms with van der Waals surface area (Å²) in [6, 6.07) is 3.24.